The number of hydrogen-bond donors (Lipinski definition) is 2. The molecule has 3 aromatic rings. The van der Waals surface area contributed by atoms with Crippen molar-refractivity contribution in [3.8, 4) is 0 Å². The number of amides is 2. The Hall–Kier alpha value is -3.08. The van der Waals surface area contributed by atoms with E-state index in [9.17, 15) is 9.59 Å². The Morgan fingerprint density at radius 1 is 1.18 bits per heavy atom. The normalized spacial score (nSPS) is 16.7. The fourth-order valence-corrected chi connectivity index (χ4v) is 3.89. The van der Waals surface area contributed by atoms with Gasteiger partial charge in [0.2, 0.25) is 11.8 Å². The molecule has 4 rings (SSSR count). The number of fused-ring (bicyclic) bond motifs is 1. The molecule has 0 aliphatic carbocycles. The van der Waals surface area contributed by atoms with Crippen LogP contribution in [0.25, 0.3) is 10.9 Å². The van der Waals surface area contributed by atoms with Crippen LogP contribution in [0.15, 0.2) is 48.7 Å². The van der Waals surface area contributed by atoms with Crippen molar-refractivity contribution in [2.45, 2.75) is 26.7 Å². The Morgan fingerprint density at radius 2 is 2.00 bits per heavy atom. The molecule has 0 saturated carbocycles. The molecule has 1 aromatic heterocycles. The van der Waals surface area contributed by atoms with Crippen LogP contribution in [0.3, 0.4) is 0 Å². The van der Waals surface area contributed by atoms with Gasteiger partial charge in [-0.1, -0.05) is 23.8 Å². The lowest BCUT2D eigenvalue weighted by molar-refractivity contribution is -0.128. The van der Waals surface area contributed by atoms with Gasteiger partial charge in [-0.2, -0.15) is 0 Å². The molecule has 1 fully saturated rings. The Morgan fingerprint density at radius 3 is 2.82 bits per heavy atom. The van der Waals surface area contributed by atoms with Gasteiger partial charge in [-0.3, -0.25) is 9.59 Å². The lowest BCUT2D eigenvalue weighted by Crippen LogP contribution is -2.30. The van der Waals surface area contributed by atoms with Crippen LogP contribution in [-0.4, -0.2) is 34.8 Å². The maximum atomic E-state index is 12.6. The molecule has 0 bridgehead atoms. The third-order valence-corrected chi connectivity index (χ3v) is 5.44. The summed E-state index contributed by atoms with van der Waals surface area (Å²) < 4.78 is 0. The highest BCUT2D eigenvalue weighted by Crippen LogP contribution is 2.23. The Kier molecular flexibility index (Phi) is 4.90. The summed E-state index contributed by atoms with van der Waals surface area (Å²) in [5, 5.41) is 4.15. The summed E-state index contributed by atoms with van der Waals surface area (Å²) in [5.74, 6) is -0.317. The van der Waals surface area contributed by atoms with Crippen molar-refractivity contribution in [3.05, 3.63) is 65.4 Å². The van der Waals surface area contributed by atoms with E-state index in [1.165, 1.54) is 16.5 Å². The van der Waals surface area contributed by atoms with Crippen molar-refractivity contribution < 1.29 is 9.59 Å². The third kappa shape index (κ3) is 3.79. The van der Waals surface area contributed by atoms with Gasteiger partial charge in [-0.15, -0.1) is 0 Å². The number of aromatic amines is 1. The van der Waals surface area contributed by atoms with Crippen LogP contribution in [0.1, 0.15) is 23.1 Å². The molecule has 5 heteroatoms. The second-order valence-corrected chi connectivity index (χ2v) is 7.71. The van der Waals surface area contributed by atoms with Gasteiger partial charge in [0.1, 0.15) is 0 Å². The van der Waals surface area contributed by atoms with E-state index in [0.717, 1.165) is 23.2 Å². The third-order valence-electron chi connectivity index (χ3n) is 5.44. The minimum Gasteiger partial charge on any atom is -0.361 e. The number of aryl methyl sites for hydroxylation is 2. The zero-order valence-electron chi connectivity index (χ0n) is 16.3. The first-order chi connectivity index (χ1) is 13.5. The van der Waals surface area contributed by atoms with Crippen LogP contribution < -0.4 is 5.32 Å². The average Bonchev–Trinajstić information content (AvgIpc) is 3.23. The second-order valence-electron chi connectivity index (χ2n) is 7.71. The smallest absolute Gasteiger partial charge is 0.229 e. The molecular formula is C23H25N3O2. The number of benzene rings is 2. The number of carbonyl (C=O) groups is 2. The number of rotatable bonds is 5. The molecule has 2 amide bonds. The van der Waals surface area contributed by atoms with Crippen molar-refractivity contribution in [3.63, 3.8) is 0 Å². The summed E-state index contributed by atoms with van der Waals surface area (Å²) >= 11 is 0. The van der Waals surface area contributed by atoms with E-state index in [0.29, 0.717) is 13.1 Å². The van der Waals surface area contributed by atoms with Gasteiger partial charge in [0, 0.05) is 42.3 Å². The molecule has 144 valence electrons. The predicted octanol–water partition coefficient (Wildman–Crippen LogP) is 3.81. The van der Waals surface area contributed by atoms with E-state index in [1.807, 2.05) is 42.3 Å². The highest BCUT2D eigenvalue weighted by molar-refractivity contribution is 5.97. The van der Waals surface area contributed by atoms with Gasteiger partial charge in [0.25, 0.3) is 0 Å². The zero-order chi connectivity index (χ0) is 19.7. The Bertz CT molecular complexity index is 1040. The number of carbonyl (C=O) groups excluding carboxylic acids is 2. The van der Waals surface area contributed by atoms with E-state index in [2.05, 4.69) is 35.4 Å². The minimum absolute atomic E-state index is 0.0559. The van der Waals surface area contributed by atoms with E-state index >= 15 is 0 Å². The van der Waals surface area contributed by atoms with Crippen molar-refractivity contribution in [2.24, 2.45) is 5.92 Å². The van der Waals surface area contributed by atoms with Gasteiger partial charge in [-0.25, -0.2) is 0 Å². The molecule has 2 heterocycles. The highest BCUT2D eigenvalue weighted by Gasteiger charge is 2.34. The molecule has 2 N–H and O–H groups in total. The molecule has 1 saturated heterocycles. The number of anilines is 1. The number of nitrogens with zero attached hydrogens (tertiary/aromatic N) is 1. The van der Waals surface area contributed by atoms with Crippen LogP contribution in [0.5, 0.6) is 0 Å². The predicted molar refractivity (Wildman–Crippen MR) is 111 cm³/mol. The number of nitrogens with one attached hydrogen (secondary N) is 2. The van der Waals surface area contributed by atoms with Crippen LogP contribution in [0.2, 0.25) is 0 Å². The SMILES string of the molecule is Cc1cccc(NC(=O)[C@@H]2CC(=O)N(CCc3c[nH]c4ccc(C)cc34)C2)c1. The first-order valence-electron chi connectivity index (χ1n) is 9.71. The molecule has 1 atom stereocenters. The maximum absolute atomic E-state index is 12.6. The fraction of sp³-hybridized carbons (Fsp3) is 0.304. The Balaban J connectivity index is 1.38. The van der Waals surface area contributed by atoms with Gasteiger partial charge < -0.3 is 15.2 Å². The summed E-state index contributed by atoms with van der Waals surface area (Å²) in [5.41, 5.74) is 5.42. The highest BCUT2D eigenvalue weighted by atomic mass is 16.2. The number of hydrogen-bond acceptors (Lipinski definition) is 2. The van der Waals surface area contributed by atoms with E-state index in [1.54, 1.807) is 0 Å². The van der Waals surface area contributed by atoms with Crippen LogP contribution in [0.4, 0.5) is 5.69 Å². The Labute approximate surface area is 164 Å². The fourth-order valence-electron chi connectivity index (χ4n) is 3.89. The van der Waals surface area contributed by atoms with Crippen molar-refractivity contribution >= 4 is 28.4 Å². The standard InChI is InChI=1S/C23H25N3O2/c1-15-4-3-5-19(10-15)25-23(28)18-12-22(27)26(14-18)9-8-17-13-24-21-7-6-16(2)11-20(17)21/h3-7,10-11,13,18,24H,8-9,12,14H2,1-2H3,(H,25,28)/t18-/m1/s1. The van der Waals surface area contributed by atoms with Crippen molar-refractivity contribution in [1.29, 1.82) is 0 Å². The van der Waals surface area contributed by atoms with Gasteiger partial charge in [-0.05, 0) is 55.7 Å². The molecular weight excluding hydrogens is 350 g/mol. The van der Waals surface area contributed by atoms with E-state index in [-0.39, 0.29) is 24.2 Å². The van der Waals surface area contributed by atoms with Crippen LogP contribution in [0, 0.1) is 19.8 Å². The second kappa shape index (κ2) is 7.50. The molecule has 2 aromatic carbocycles. The number of aromatic nitrogens is 1. The summed E-state index contributed by atoms with van der Waals surface area (Å²) in [6.45, 7) is 5.19. The van der Waals surface area contributed by atoms with Crippen LogP contribution >= 0.6 is 0 Å². The summed E-state index contributed by atoms with van der Waals surface area (Å²) in [6.07, 6.45) is 3.08. The summed E-state index contributed by atoms with van der Waals surface area (Å²) in [7, 11) is 0. The first-order valence-corrected chi connectivity index (χ1v) is 9.71. The van der Waals surface area contributed by atoms with Crippen LogP contribution in [-0.2, 0) is 16.0 Å². The minimum atomic E-state index is -0.293. The molecule has 5 nitrogen and oxygen atoms in total. The lowest BCUT2D eigenvalue weighted by atomic mass is 10.1. The quantitative estimate of drug-likeness (QED) is 0.712. The molecule has 1 aliphatic rings. The van der Waals surface area contributed by atoms with Crippen molar-refractivity contribution in [1.82, 2.24) is 9.88 Å². The number of likely N-dealkylation sites (tertiary alicyclic amines) is 1. The summed E-state index contributed by atoms with van der Waals surface area (Å²) in [6, 6.07) is 14.1. The molecule has 1 aliphatic heterocycles. The van der Waals surface area contributed by atoms with Gasteiger partial charge in [0.05, 0.1) is 5.92 Å². The van der Waals surface area contributed by atoms with E-state index in [4.69, 9.17) is 0 Å². The number of H-pyrrole nitrogens is 1. The summed E-state index contributed by atoms with van der Waals surface area (Å²) in [4.78, 5) is 30.1. The molecule has 0 spiro atoms. The molecule has 0 unspecified atom stereocenters. The monoisotopic (exact) mass is 375 g/mol. The van der Waals surface area contributed by atoms with Crippen molar-refractivity contribution in [2.75, 3.05) is 18.4 Å². The van der Waals surface area contributed by atoms with Gasteiger partial charge >= 0.3 is 0 Å². The molecule has 0 radical (unpaired) electrons. The van der Waals surface area contributed by atoms with Gasteiger partial charge in [0.15, 0.2) is 0 Å². The first kappa shape index (κ1) is 18.3. The maximum Gasteiger partial charge on any atom is 0.229 e. The molecule has 28 heavy (non-hydrogen) atoms. The lowest BCUT2D eigenvalue weighted by Gasteiger charge is -2.16. The largest absolute Gasteiger partial charge is 0.361 e. The topological polar surface area (TPSA) is 65.2 Å². The zero-order valence-corrected chi connectivity index (χ0v) is 16.3. The van der Waals surface area contributed by atoms with E-state index < -0.39 is 0 Å². The average molecular weight is 375 g/mol.